The Morgan fingerprint density at radius 3 is 2.42 bits per heavy atom. The molecule has 0 aromatic rings. The van der Waals surface area contributed by atoms with Crippen LogP contribution in [0, 0.1) is 11.8 Å². The second kappa shape index (κ2) is 7.12. The van der Waals surface area contributed by atoms with Crippen molar-refractivity contribution < 1.29 is 22.7 Å². The van der Waals surface area contributed by atoms with Crippen LogP contribution in [0.4, 0.5) is 13.2 Å². The van der Waals surface area contributed by atoms with Gasteiger partial charge in [0.2, 0.25) is 0 Å². The Morgan fingerprint density at radius 2 is 1.95 bits per heavy atom. The normalized spacial score (nSPS) is 20.3. The lowest BCUT2D eigenvalue weighted by molar-refractivity contribution is -0.180. The fraction of sp³-hybridized carbons (Fsp3) is 0.923. The minimum atomic E-state index is -4.56. The smallest absolute Gasteiger partial charge is 0.404 e. The van der Waals surface area contributed by atoms with E-state index < -0.39 is 24.1 Å². The second-order valence-electron chi connectivity index (χ2n) is 5.16. The van der Waals surface area contributed by atoms with Crippen molar-refractivity contribution >= 4 is 5.97 Å². The molecule has 1 rings (SSSR count). The first-order chi connectivity index (χ1) is 8.88. The van der Waals surface area contributed by atoms with Gasteiger partial charge in [-0.1, -0.05) is 26.2 Å². The zero-order valence-electron chi connectivity index (χ0n) is 11.2. The summed E-state index contributed by atoms with van der Waals surface area (Å²) in [6, 6.07) is -2.12. The van der Waals surface area contributed by atoms with Crippen molar-refractivity contribution in [3.63, 3.8) is 0 Å². The highest BCUT2D eigenvalue weighted by atomic mass is 19.4. The van der Waals surface area contributed by atoms with Crippen LogP contribution in [0.1, 0.15) is 45.4 Å². The van der Waals surface area contributed by atoms with Crippen molar-refractivity contribution in [1.82, 2.24) is 0 Å². The summed E-state index contributed by atoms with van der Waals surface area (Å²) in [5.74, 6) is -2.34. The van der Waals surface area contributed by atoms with E-state index in [9.17, 15) is 18.0 Å². The predicted molar refractivity (Wildman–Crippen MR) is 65.3 cm³/mol. The van der Waals surface area contributed by atoms with Gasteiger partial charge in [0.25, 0.3) is 0 Å². The van der Waals surface area contributed by atoms with E-state index in [1.54, 1.807) is 0 Å². The van der Waals surface area contributed by atoms with Crippen LogP contribution < -0.4 is 5.73 Å². The molecule has 0 spiro atoms. The van der Waals surface area contributed by atoms with Crippen molar-refractivity contribution in [2.75, 3.05) is 6.61 Å². The van der Waals surface area contributed by atoms with Crippen LogP contribution in [0.25, 0.3) is 0 Å². The van der Waals surface area contributed by atoms with Gasteiger partial charge in [0.15, 0.2) is 0 Å². The monoisotopic (exact) mass is 281 g/mol. The standard InChI is InChI=1S/C13H22F3NO2/c1-2-3-8-19-12(18)10(9-6-4-5-7-9)11(17)13(14,15)16/h9-11H,2-8,17H2,1H3/t10-,11-/m1/s1. The van der Waals surface area contributed by atoms with Crippen molar-refractivity contribution in [3.8, 4) is 0 Å². The maximum absolute atomic E-state index is 12.8. The van der Waals surface area contributed by atoms with Crippen molar-refractivity contribution in [1.29, 1.82) is 0 Å². The molecule has 2 N–H and O–H groups in total. The third kappa shape index (κ3) is 4.67. The maximum atomic E-state index is 12.8. The van der Waals surface area contributed by atoms with Crippen LogP contribution in [-0.2, 0) is 9.53 Å². The Balaban J connectivity index is 2.71. The molecule has 0 unspecified atom stereocenters. The zero-order chi connectivity index (χ0) is 14.5. The molecule has 19 heavy (non-hydrogen) atoms. The summed E-state index contributed by atoms with van der Waals surface area (Å²) in [6.45, 7) is 2.09. The maximum Gasteiger partial charge on any atom is 0.404 e. The van der Waals surface area contributed by atoms with Gasteiger partial charge in [-0.05, 0) is 25.2 Å². The van der Waals surface area contributed by atoms with Gasteiger partial charge in [0, 0.05) is 0 Å². The van der Waals surface area contributed by atoms with Crippen LogP contribution in [0.5, 0.6) is 0 Å². The number of hydrogen-bond donors (Lipinski definition) is 1. The number of carbonyl (C=O) groups excluding carboxylic acids is 1. The molecule has 0 radical (unpaired) electrons. The molecule has 0 aromatic carbocycles. The topological polar surface area (TPSA) is 52.3 Å². The fourth-order valence-corrected chi connectivity index (χ4v) is 2.57. The van der Waals surface area contributed by atoms with E-state index in [-0.39, 0.29) is 12.5 Å². The number of halogens is 3. The Labute approximate surface area is 111 Å². The lowest BCUT2D eigenvalue weighted by atomic mass is 9.84. The Bertz CT molecular complexity index is 288. The fourth-order valence-electron chi connectivity index (χ4n) is 2.57. The number of ether oxygens (including phenoxy) is 1. The molecular weight excluding hydrogens is 259 g/mol. The molecule has 0 saturated heterocycles. The van der Waals surface area contributed by atoms with E-state index in [4.69, 9.17) is 10.5 Å². The summed E-state index contributed by atoms with van der Waals surface area (Å²) < 4.78 is 43.3. The highest BCUT2D eigenvalue weighted by Crippen LogP contribution is 2.37. The number of hydrogen-bond acceptors (Lipinski definition) is 3. The first kappa shape index (κ1) is 16.3. The Hall–Kier alpha value is -0.780. The molecule has 6 heteroatoms. The van der Waals surface area contributed by atoms with Gasteiger partial charge in [0.1, 0.15) is 6.04 Å². The molecule has 0 amide bonds. The van der Waals surface area contributed by atoms with Gasteiger partial charge in [-0.2, -0.15) is 13.2 Å². The molecule has 112 valence electrons. The first-order valence-electron chi connectivity index (χ1n) is 6.86. The van der Waals surface area contributed by atoms with Crippen molar-refractivity contribution in [2.24, 2.45) is 17.6 Å². The van der Waals surface area contributed by atoms with Gasteiger partial charge in [-0.15, -0.1) is 0 Å². The summed E-state index contributed by atoms with van der Waals surface area (Å²) in [5, 5.41) is 0. The van der Waals surface area contributed by atoms with Crippen molar-refractivity contribution in [3.05, 3.63) is 0 Å². The van der Waals surface area contributed by atoms with E-state index in [0.29, 0.717) is 19.3 Å². The summed E-state index contributed by atoms with van der Waals surface area (Å²) in [6.07, 6.45) is -0.120. The number of rotatable bonds is 6. The van der Waals surface area contributed by atoms with Gasteiger partial charge in [-0.3, -0.25) is 4.79 Å². The average Bonchev–Trinajstić information content (AvgIpc) is 2.82. The van der Waals surface area contributed by atoms with Crippen molar-refractivity contribution in [2.45, 2.75) is 57.7 Å². The summed E-state index contributed by atoms with van der Waals surface area (Å²) in [5.41, 5.74) is 5.25. The largest absolute Gasteiger partial charge is 0.465 e. The molecule has 0 aromatic heterocycles. The number of unbranched alkanes of at least 4 members (excludes halogenated alkanes) is 1. The van der Waals surface area contributed by atoms with Gasteiger partial charge in [-0.25, -0.2) is 0 Å². The lowest BCUT2D eigenvalue weighted by Crippen LogP contribution is -2.50. The molecule has 0 bridgehead atoms. The van der Waals surface area contributed by atoms with E-state index in [1.807, 2.05) is 6.92 Å². The molecule has 1 saturated carbocycles. The van der Waals surface area contributed by atoms with Gasteiger partial charge in [0.05, 0.1) is 12.5 Å². The quantitative estimate of drug-likeness (QED) is 0.601. The second-order valence-corrected chi connectivity index (χ2v) is 5.16. The van der Waals surface area contributed by atoms with E-state index in [1.165, 1.54) is 0 Å². The minimum absolute atomic E-state index is 0.170. The van der Waals surface area contributed by atoms with Crippen LogP contribution in [-0.4, -0.2) is 24.8 Å². The van der Waals surface area contributed by atoms with Crippen LogP contribution in [0.2, 0.25) is 0 Å². The molecule has 0 heterocycles. The summed E-state index contributed by atoms with van der Waals surface area (Å²) >= 11 is 0. The minimum Gasteiger partial charge on any atom is -0.465 e. The van der Waals surface area contributed by atoms with E-state index in [2.05, 4.69) is 0 Å². The first-order valence-corrected chi connectivity index (χ1v) is 6.86. The van der Waals surface area contributed by atoms with E-state index >= 15 is 0 Å². The number of nitrogens with two attached hydrogens (primary N) is 1. The lowest BCUT2D eigenvalue weighted by Gasteiger charge is -2.28. The molecule has 1 aliphatic carbocycles. The Morgan fingerprint density at radius 1 is 1.37 bits per heavy atom. The third-order valence-corrected chi connectivity index (χ3v) is 3.69. The van der Waals surface area contributed by atoms with E-state index in [0.717, 1.165) is 19.3 Å². The molecule has 1 fully saturated rings. The Kier molecular flexibility index (Phi) is 6.10. The highest BCUT2D eigenvalue weighted by molar-refractivity contribution is 5.74. The third-order valence-electron chi connectivity index (χ3n) is 3.69. The SMILES string of the molecule is CCCCOC(=O)[C@H](C1CCCC1)[C@@H](N)C(F)(F)F. The molecule has 1 aliphatic rings. The number of alkyl halides is 3. The molecule has 2 atom stereocenters. The molecular formula is C13H22F3NO2. The predicted octanol–water partition coefficient (Wildman–Crippen LogP) is 3.03. The van der Waals surface area contributed by atoms with Gasteiger partial charge < -0.3 is 10.5 Å². The van der Waals surface area contributed by atoms with Crippen LogP contribution in [0.3, 0.4) is 0 Å². The molecule has 3 nitrogen and oxygen atoms in total. The van der Waals surface area contributed by atoms with Crippen LogP contribution in [0.15, 0.2) is 0 Å². The summed E-state index contributed by atoms with van der Waals surface area (Å²) in [7, 11) is 0. The highest BCUT2D eigenvalue weighted by Gasteiger charge is 2.49. The zero-order valence-corrected chi connectivity index (χ0v) is 11.2. The number of carbonyl (C=O) groups is 1. The summed E-state index contributed by atoms with van der Waals surface area (Å²) in [4.78, 5) is 11.9. The average molecular weight is 281 g/mol. The molecule has 0 aliphatic heterocycles. The number of esters is 1. The van der Waals surface area contributed by atoms with Gasteiger partial charge >= 0.3 is 12.1 Å². The van der Waals surface area contributed by atoms with Crippen LogP contribution >= 0.6 is 0 Å².